The van der Waals surface area contributed by atoms with Crippen molar-refractivity contribution >= 4 is 5.91 Å². The van der Waals surface area contributed by atoms with Gasteiger partial charge in [0.05, 0.1) is 19.6 Å². The van der Waals surface area contributed by atoms with Crippen LogP contribution in [0.2, 0.25) is 0 Å². The minimum Gasteiger partial charge on any atom is -0.490 e. The molecule has 3 rings (SSSR count). The van der Waals surface area contributed by atoms with Gasteiger partial charge in [-0.15, -0.1) is 0 Å². The summed E-state index contributed by atoms with van der Waals surface area (Å²) in [5.41, 5.74) is 4.40. The lowest BCUT2D eigenvalue weighted by Crippen LogP contribution is -2.24. The van der Waals surface area contributed by atoms with Gasteiger partial charge < -0.3 is 14.8 Å². The van der Waals surface area contributed by atoms with Crippen LogP contribution in [-0.2, 0) is 17.8 Å². The fourth-order valence-electron chi connectivity index (χ4n) is 2.74. The molecule has 4 heteroatoms. The van der Waals surface area contributed by atoms with E-state index in [9.17, 15) is 4.79 Å². The molecule has 1 aliphatic rings. The molecule has 126 valence electrons. The lowest BCUT2D eigenvalue weighted by molar-refractivity contribution is -0.120. The maximum atomic E-state index is 12.2. The van der Waals surface area contributed by atoms with Gasteiger partial charge in [-0.1, -0.05) is 29.8 Å². The van der Waals surface area contributed by atoms with Crippen LogP contribution in [-0.4, -0.2) is 19.1 Å². The molecule has 24 heavy (non-hydrogen) atoms. The number of rotatable bonds is 4. The summed E-state index contributed by atoms with van der Waals surface area (Å²) in [7, 11) is 0. The number of fused-ring (bicyclic) bond motifs is 1. The highest BCUT2D eigenvalue weighted by atomic mass is 16.5. The molecule has 0 aliphatic carbocycles. The van der Waals surface area contributed by atoms with Crippen LogP contribution in [0.3, 0.4) is 0 Å². The molecule has 0 fully saturated rings. The van der Waals surface area contributed by atoms with Gasteiger partial charge in [0.2, 0.25) is 5.91 Å². The summed E-state index contributed by atoms with van der Waals surface area (Å²) >= 11 is 0. The van der Waals surface area contributed by atoms with Crippen LogP contribution in [0, 0.1) is 13.8 Å². The third-order valence-corrected chi connectivity index (χ3v) is 4.16. The molecule has 2 aromatic carbocycles. The van der Waals surface area contributed by atoms with Crippen molar-refractivity contribution in [2.24, 2.45) is 0 Å². The summed E-state index contributed by atoms with van der Waals surface area (Å²) in [5, 5.41) is 2.98. The highest BCUT2D eigenvalue weighted by Gasteiger charge is 2.11. The molecule has 1 amide bonds. The lowest BCUT2D eigenvalue weighted by atomic mass is 10.0. The van der Waals surface area contributed by atoms with Crippen molar-refractivity contribution < 1.29 is 14.3 Å². The number of ether oxygens (including phenoxy) is 2. The lowest BCUT2D eigenvalue weighted by Gasteiger charge is -2.11. The first-order chi connectivity index (χ1) is 11.6. The maximum Gasteiger partial charge on any atom is 0.224 e. The first-order valence-electron chi connectivity index (χ1n) is 8.33. The molecular formula is C20H23NO3. The zero-order valence-electron chi connectivity index (χ0n) is 14.2. The quantitative estimate of drug-likeness (QED) is 0.938. The Morgan fingerprint density at radius 1 is 1.04 bits per heavy atom. The zero-order valence-corrected chi connectivity index (χ0v) is 14.2. The maximum absolute atomic E-state index is 12.2. The highest BCUT2D eigenvalue weighted by molar-refractivity contribution is 5.79. The number of aryl methyl sites for hydroxylation is 2. The highest BCUT2D eigenvalue weighted by Crippen LogP contribution is 2.30. The third kappa shape index (κ3) is 4.07. The molecule has 0 aromatic heterocycles. The smallest absolute Gasteiger partial charge is 0.224 e. The van der Waals surface area contributed by atoms with Gasteiger partial charge in [-0.25, -0.2) is 0 Å². The molecular weight excluding hydrogens is 302 g/mol. The predicted molar refractivity (Wildman–Crippen MR) is 93.5 cm³/mol. The van der Waals surface area contributed by atoms with Crippen LogP contribution in [0.5, 0.6) is 11.5 Å². The second-order valence-corrected chi connectivity index (χ2v) is 6.22. The molecule has 2 aromatic rings. The molecule has 4 nitrogen and oxygen atoms in total. The second kappa shape index (κ2) is 7.39. The van der Waals surface area contributed by atoms with E-state index in [0.29, 0.717) is 26.2 Å². The van der Waals surface area contributed by atoms with Crippen molar-refractivity contribution in [2.75, 3.05) is 13.2 Å². The van der Waals surface area contributed by atoms with Gasteiger partial charge in [0.25, 0.3) is 0 Å². The molecule has 0 saturated heterocycles. The first-order valence-corrected chi connectivity index (χ1v) is 8.33. The number of benzene rings is 2. The predicted octanol–water partition coefficient (Wildman–Crippen LogP) is 3.32. The van der Waals surface area contributed by atoms with E-state index >= 15 is 0 Å². The molecule has 1 N–H and O–H groups in total. The number of hydrogen-bond acceptors (Lipinski definition) is 3. The topological polar surface area (TPSA) is 47.6 Å². The van der Waals surface area contributed by atoms with Crippen LogP contribution >= 0.6 is 0 Å². The molecule has 1 aliphatic heterocycles. The van der Waals surface area contributed by atoms with E-state index in [-0.39, 0.29) is 5.91 Å². The average molecular weight is 325 g/mol. The van der Waals surface area contributed by atoms with E-state index in [2.05, 4.69) is 23.5 Å². The summed E-state index contributed by atoms with van der Waals surface area (Å²) in [4.78, 5) is 12.2. The Hall–Kier alpha value is -2.49. The van der Waals surface area contributed by atoms with Gasteiger partial charge in [0.15, 0.2) is 11.5 Å². The fraction of sp³-hybridized carbons (Fsp3) is 0.350. The Kier molecular flexibility index (Phi) is 5.04. The fourth-order valence-corrected chi connectivity index (χ4v) is 2.74. The molecule has 0 saturated carbocycles. The van der Waals surface area contributed by atoms with Crippen molar-refractivity contribution in [1.29, 1.82) is 0 Å². The van der Waals surface area contributed by atoms with E-state index in [1.807, 2.05) is 32.0 Å². The SMILES string of the molecule is Cc1ccc(C)c(CC(=O)NCc2ccc3c(c2)OCCCO3)c1. The van der Waals surface area contributed by atoms with E-state index in [0.717, 1.165) is 34.6 Å². The normalized spacial score (nSPS) is 13.2. The van der Waals surface area contributed by atoms with Crippen LogP contribution in [0.25, 0.3) is 0 Å². The summed E-state index contributed by atoms with van der Waals surface area (Å²) < 4.78 is 11.3. The standard InChI is InChI=1S/C20H23NO3/c1-14-4-5-15(2)17(10-14)12-20(22)21-13-16-6-7-18-19(11-16)24-9-3-8-23-18/h4-7,10-11H,3,8-9,12-13H2,1-2H3,(H,21,22). The monoisotopic (exact) mass is 325 g/mol. The van der Waals surface area contributed by atoms with Crippen molar-refractivity contribution in [3.8, 4) is 11.5 Å². The second-order valence-electron chi connectivity index (χ2n) is 6.22. The molecule has 0 radical (unpaired) electrons. The Labute approximate surface area is 142 Å². The minimum absolute atomic E-state index is 0.0239. The number of amides is 1. The Morgan fingerprint density at radius 2 is 1.83 bits per heavy atom. The van der Waals surface area contributed by atoms with E-state index in [1.165, 1.54) is 5.56 Å². The van der Waals surface area contributed by atoms with Gasteiger partial charge >= 0.3 is 0 Å². The van der Waals surface area contributed by atoms with Crippen LogP contribution in [0.4, 0.5) is 0 Å². The van der Waals surface area contributed by atoms with Gasteiger partial charge in [0, 0.05) is 13.0 Å². The van der Waals surface area contributed by atoms with Crippen LogP contribution in [0.15, 0.2) is 36.4 Å². The van der Waals surface area contributed by atoms with Crippen LogP contribution < -0.4 is 14.8 Å². The Bertz CT molecular complexity index is 740. The summed E-state index contributed by atoms with van der Waals surface area (Å²) in [6.07, 6.45) is 1.29. The summed E-state index contributed by atoms with van der Waals surface area (Å²) in [6.45, 7) is 5.90. The Balaban J connectivity index is 1.60. The van der Waals surface area contributed by atoms with Gasteiger partial charge in [-0.3, -0.25) is 4.79 Å². The molecule has 0 bridgehead atoms. The van der Waals surface area contributed by atoms with Gasteiger partial charge in [-0.05, 0) is 42.7 Å². The molecule has 0 unspecified atom stereocenters. The van der Waals surface area contributed by atoms with Gasteiger partial charge in [0.1, 0.15) is 0 Å². The number of carbonyl (C=O) groups excluding carboxylic acids is 1. The first kappa shape index (κ1) is 16.4. The summed E-state index contributed by atoms with van der Waals surface area (Å²) in [6, 6.07) is 12.0. The molecule has 0 spiro atoms. The number of carbonyl (C=O) groups is 1. The van der Waals surface area contributed by atoms with Crippen molar-refractivity contribution in [1.82, 2.24) is 5.32 Å². The zero-order chi connectivity index (χ0) is 16.9. The molecule has 1 heterocycles. The van der Waals surface area contributed by atoms with Crippen LogP contribution in [0.1, 0.15) is 28.7 Å². The largest absolute Gasteiger partial charge is 0.490 e. The number of hydrogen-bond donors (Lipinski definition) is 1. The van der Waals surface area contributed by atoms with E-state index in [4.69, 9.17) is 9.47 Å². The Morgan fingerprint density at radius 3 is 2.67 bits per heavy atom. The van der Waals surface area contributed by atoms with E-state index < -0.39 is 0 Å². The third-order valence-electron chi connectivity index (χ3n) is 4.16. The van der Waals surface area contributed by atoms with Crippen molar-refractivity contribution in [2.45, 2.75) is 33.2 Å². The average Bonchev–Trinajstić information content (AvgIpc) is 2.81. The number of nitrogens with one attached hydrogen (secondary N) is 1. The van der Waals surface area contributed by atoms with Crippen molar-refractivity contribution in [3.05, 3.63) is 58.7 Å². The van der Waals surface area contributed by atoms with E-state index in [1.54, 1.807) is 0 Å². The summed E-state index contributed by atoms with van der Waals surface area (Å²) in [5.74, 6) is 1.56. The molecule has 0 atom stereocenters. The van der Waals surface area contributed by atoms with Crippen molar-refractivity contribution in [3.63, 3.8) is 0 Å². The minimum atomic E-state index is 0.0239. The van der Waals surface area contributed by atoms with Gasteiger partial charge in [-0.2, -0.15) is 0 Å².